The first kappa shape index (κ1) is 20.6. The molecule has 3 heterocycles. The van der Waals surface area contributed by atoms with Crippen molar-refractivity contribution in [3.63, 3.8) is 0 Å². The number of primary amides is 1. The number of ether oxygens (including phenoxy) is 1. The minimum Gasteiger partial charge on any atom is -0.391 e. The first-order valence-corrected chi connectivity index (χ1v) is 9.57. The molecule has 3 atom stereocenters. The number of aryl methyl sites for hydroxylation is 1. The minimum absolute atomic E-state index is 0.0147. The Morgan fingerprint density at radius 2 is 2.10 bits per heavy atom. The molecule has 29 heavy (non-hydrogen) atoms. The summed E-state index contributed by atoms with van der Waals surface area (Å²) in [6, 6.07) is 1.39. The van der Waals surface area contributed by atoms with Crippen molar-refractivity contribution < 1.29 is 23.9 Å². The maximum absolute atomic E-state index is 12.9. The van der Waals surface area contributed by atoms with Crippen LogP contribution in [0.25, 0.3) is 0 Å². The van der Waals surface area contributed by atoms with E-state index in [-0.39, 0.29) is 29.7 Å². The van der Waals surface area contributed by atoms with Gasteiger partial charge in [-0.05, 0) is 31.7 Å². The van der Waals surface area contributed by atoms with E-state index < -0.39 is 17.9 Å². The fourth-order valence-electron chi connectivity index (χ4n) is 3.94. The number of carbonyl (C=O) groups is 4. The molecule has 3 unspecified atom stereocenters. The summed E-state index contributed by atoms with van der Waals surface area (Å²) in [7, 11) is 0. The second-order valence-electron chi connectivity index (χ2n) is 7.70. The second kappa shape index (κ2) is 8.46. The minimum atomic E-state index is -0.988. The molecule has 2 aliphatic rings. The molecule has 0 spiro atoms. The molecule has 2 aliphatic heterocycles. The lowest BCUT2D eigenvalue weighted by Crippen LogP contribution is -2.53. The number of hydrogen-bond donors (Lipinski definition) is 3. The smallest absolute Gasteiger partial charge is 0.391 e. The van der Waals surface area contributed by atoms with Crippen LogP contribution in [0.5, 0.6) is 5.88 Å². The Morgan fingerprint density at radius 3 is 2.72 bits per heavy atom. The van der Waals surface area contributed by atoms with E-state index in [2.05, 4.69) is 15.6 Å². The molecule has 156 valence electrons. The highest BCUT2D eigenvalue weighted by Crippen LogP contribution is 2.30. The molecule has 2 fully saturated rings. The van der Waals surface area contributed by atoms with Crippen LogP contribution in [0.4, 0.5) is 10.5 Å². The number of likely N-dealkylation sites (tertiary alicyclic amines) is 1. The van der Waals surface area contributed by atoms with Gasteiger partial charge in [0, 0.05) is 37.0 Å². The third kappa shape index (κ3) is 4.82. The molecular formula is C19H25N5O5. The lowest BCUT2D eigenvalue weighted by Gasteiger charge is -2.40. The number of nitrogens with one attached hydrogen (secondary N) is 2. The largest absolute Gasteiger partial charge is 0.411 e. The molecule has 3 rings (SSSR count). The molecule has 4 N–H and O–H groups in total. The lowest BCUT2D eigenvalue weighted by atomic mass is 9.85. The maximum Gasteiger partial charge on any atom is 0.411 e. The second-order valence-corrected chi connectivity index (χ2v) is 7.70. The molecule has 0 radical (unpaired) electrons. The number of amides is 4. The van der Waals surface area contributed by atoms with Crippen LogP contribution in [-0.4, -0.2) is 52.8 Å². The number of piperidine rings is 1. The Balaban J connectivity index is 1.70. The average Bonchev–Trinajstić information content (AvgIpc) is 3.09. The van der Waals surface area contributed by atoms with Crippen molar-refractivity contribution in [1.29, 1.82) is 0 Å². The SMILES string of the molecule is Cc1cc(NC(=O)C(=O)N2CC(C)CCC2C2CNC(=O)C2)cnc1OC(N)=O. The third-order valence-electron chi connectivity index (χ3n) is 5.36. The zero-order valence-electron chi connectivity index (χ0n) is 16.4. The molecule has 0 bridgehead atoms. The van der Waals surface area contributed by atoms with Gasteiger partial charge in [0.2, 0.25) is 11.8 Å². The Morgan fingerprint density at radius 1 is 1.34 bits per heavy atom. The van der Waals surface area contributed by atoms with Gasteiger partial charge in [-0.3, -0.25) is 14.4 Å². The van der Waals surface area contributed by atoms with Crippen LogP contribution >= 0.6 is 0 Å². The van der Waals surface area contributed by atoms with E-state index in [4.69, 9.17) is 10.5 Å². The van der Waals surface area contributed by atoms with Crippen LogP contribution in [0, 0.1) is 18.8 Å². The van der Waals surface area contributed by atoms with E-state index in [1.807, 2.05) is 6.92 Å². The Labute approximate surface area is 168 Å². The topological polar surface area (TPSA) is 144 Å². The Bertz CT molecular complexity index is 842. The molecule has 1 aromatic heterocycles. The molecule has 10 heteroatoms. The van der Waals surface area contributed by atoms with Crippen molar-refractivity contribution in [3.8, 4) is 5.88 Å². The van der Waals surface area contributed by atoms with Gasteiger partial charge in [0.15, 0.2) is 0 Å². The van der Waals surface area contributed by atoms with Gasteiger partial charge in [0.25, 0.3) is 0 Å². The van der Waals surface area contributed by atoms with Crippen LogP contribution in [0.15, 0.2) is 12.3 Å². The van der Waals surface area contributed by atoms with E-state index in [9.17, 15) is 19.2 Å². The molecule has 4 amide bonds. The van der Waals surface area contributed by atoms with Crippen LogP contribution in [0.1, 0.15) is 31.7 Å². The molecule has 0 aromatic carbocycles. The van der Waals surface area contributed by atoms with Crippen molar-refractivity contribution in [2.75, 3.05) is 18.4 Å². The van der Waals surface area contributed by atoms with Crippen molar-refractivity contribution in [1.82, 2.24) is 15.2 Å². The summed E-state index contributed by atoms with van der Waals surface area (Å²) in [4.78, 5) is 53.5. The van der Waals surface area contributed by atoms with Gasteiger partial charge < -0.3 is 26.0 Å². The van der Waals surface area contributed by atoms with Crippen molar-refractivity contribution >= 4 is 29.5 Å². The quantitative estimate of drug-likeness (QED) is 0.629. The highest BCUT2D eigenvalue weighted by molar-refractivity contribution is 6.39. The molecular weight excluding hydrogens is 378 g/mol. The number of nitrogens with zero attached hydrogens (tertiary/aromatic N) is 2. The van der Waals surface area contributed by atoms with E-state index in [0.717, 1.165) is 12.8 Å². The zero-order chi connectivity index (χ0) is 21.1. The number of aromatic nitrogens is 1. The van der Waals surface area contributed by atoms with E-state index in [1.165, 1.54) is 12.3 Å². The molecule has 10 nitrogen and oxygen atoms in total. The summed E-state index contributed by atoms with van der Waals surface area (Å²) in [6.07, 6.45) is 2.38. The van der Waals surface area contributed by atoms with Gasteiger partial charge in [-0.25, -0.2) is 9.78 Å². The summed E-state index contributed by atoms with van der Waals surface area (Å²) in [5, 5.41) is 5.35. The van der Waals surface area contributed by atoms with E-state index in [0.29, 0.717) is 30.8 Å². The van der Waals surface area contributed by atoms with E-state index in [1.54, 1.807) is 11.8 Å². The molecule has 2 saturated heterocycles. The monoisotopic (exact) mass is 403 g/mol. The highest BCUT2D eigenvalue weighted by Gasteiger charge is 2.40. The van der Waals surface area contributed by atoms with Crippen LogP contribution in [-0.2, 0) is 14.4 Å². The number of nitrogens with two attached hydrogens (primary N) is 1. The normalized spacial score (nSPS) is 24.0. The number of rotatable bonds is 3. The number of carbonyl (C=O) groups excluding carboxylic acids is 4. The van der Waals surface area contributed by atoms with Gasteiger partial charge in [0.05, 0.1) is 11.9 Å². The molecule has 0 aliphatic carbocycles. The van der Waals surface area contributed by atoms with Crippen molar-refractivity contribution in [2.24, 2.45) is 17.6 Å². The Hall–Kier alpha value is -3.17. The number of pyridine rings is 1. The average molecular weight is 403 g/mol. The van der Waals surface area contributed by atoms with E-state index >= 15 is 0 Å². The summed E-state index contributed by atoms with van der Waals surface area (Å²) in [6.45, 7) is 4.67. The highest BCUT2D eigenvalue weighted by atomic mass is 16.6. The fraction of sp³-hybridized carbons (Fsp3) is 0.526. The first-order chi connectivity index (χ1) is 13.7. The van der Waals surface area contributed by atoms with Gasteiger partial charge in [-0.15, -0.1) is 0 Å². The van der Waals surface area contributed by atoms with Crippen molar-refractivity contribution in [2.45, 2.75) is 39.2 Å². The summed E-state index contributed by atoms with van der Waals surface area (Å²) < 4.78 is 4.75. The van der Waals surface area contributed by atoms with Crippen LogP contribution in [0.3, 0.4) is 0 Å². The third-order valence-corrected chi connectivity index (χ3v) is 5.36. The predicted octanol–water partition coefficient (Wildman–Crippen LogP) is 0.549. The first-order valence-electron chi connectivity index (χ1n) is 9.57. The number of anilines is 1. The van der Waals surface area contributed by atoms with Gasteiger partial charge in [0.1, 0.15) is 0 Å². The van der Waals surface area contributed by atoms with Crippen LogP contribution < -0.4 is 21.1 Å². The fourth-order valence-corrected chi connectivity index (χ4v) is 3.94. The van der Waals surface area contributed by atoms with Gasteiger partial charge >= 0.3 is 17.9 Å². The number of hydrogen-bond acceptors (Lipinski definition) is 6. The lowest BCUT2D eigenvalue weighted by molar-refractivity contribution is -0.147. The van der Waals surface area contributed by atoms with Gasteiger partial charge in [-0.2, -0.15) is 0 Å². The predicted molar refractivity (Wildman–Crippen MR) is 103 cm³/mol. The maximum atomic E-state index is 12.9. The standard InChI is InChI=1S/C19H25N5O5/c1-10-3-4-14(12-6-15(25)21-7-12)24(9-10)18(27)16(26)23-13-5-11(2)17(22-8-13)29-19(20)28/h5,8,10,12,14H,3-4,6-7,9H2,1-2H3,(H2,20,28)(H,21,25)(H,23,26). The summed E-state index contributed by atoms with van der Waals surface area (Å²) >= 11 is 0. The Kier molecular flexibility index (Phi) is 6.00. The van der Waals surface area contributed by atoms with Crippen molar-refractivity contribution in [3.05, 3.63) is 17.8 Å². The zero-order valence-corrected chi connectivity index (χ0v) is 16.4. The van der Waals surface area contributed by atoms with Crippen LogP contribution in [0.2, 0.25) is 0 Å². The summed E-state index contributed by atoms with van der Waals surface area (Å²) in [5.74, 6) is -1.10. The molecule has 1 aromatic rings. The van der Waals surface area contributed by atoms with Gasteiger partial charge in [-0.1, -0.05) is 6.92 Å². The summed E-state index contributed by atoms with van der Waals surface area (Å²) in [5.41, 5.74) is 5.76. The molecule has 0 saturated carbocycles.